The van der Waals surface area contributed by atoms with E-state index in [-0.39, 0.29) is 17.9 Å². The highest BCUT2D eigenvalue weighted by Crippen LogP contribution is 2.02. The Morgan fingerprint density at radius 3 is 2.58 bits per heavy atom. The number of hydrogen-bond donors (Lipinski definition) is 5. The van der Waals surface area contributed by atoms with Crippen molar-refractivity contribution in [1.29, 1.82) is 0 Å². The van der Waals surface area contributed by atoms with Crippen LogP contribution in [0, 0.1) is 0 Å². The molecule has 1 heterocycles. The summed E-state index contributed by atoms with van der Waals surface area (Å²) in [6.07, 6.45) is 1.33. The molecular weight excluding hydrogens is 320 g/mol. The first kappa shape index (κ1) is 16.6. The maximum Gasteiger partial charge on any atom is 0.342 e. The van der Waals surface area contributed by atoms with Crippen molar-refractivity contribution in [3.63, 3.8) is 0 Å². The Kier molecular flexibility index (Phi) is 5.18. The van der Waals surface area contributed by atoms with E-state index >= 15 is 0 Å². The van der Waals surface area contributed by atoms with E-state index in [4.69, 9.17) is 5.11 Å². The van der Waals surface area contributed by atoms with Gasteiger partial charge in [0.2, 0.25) is 5.82 Å². The second-order valence-electron chi connectivity index (χ2n) is 4.43. The van der Waals surface area contributed by atoms with Gasteiger partial charge in [-0.2, -0.15) is 5.10 Å². The summed E-state index contributed by atoms with van der Waals surface area (Å²) in [7, 11) is 0. The standard InChI is InChI=1S/C13H12N6O5/c20-9(6-14-10-11(21)16-13(24)19-18-10)17-15-5-7-1-3-8(4-2-7)12(22)23/h1-5H,6H2,(H,14,18)(H,17,20)(H,22,23)(H2,16,19,21,24)/b15-5+. The number of aromatic carboxylic acids is 1. The Morgan fingerprint density at radius 1 is 1.25 bits per heavy atom. The number of anilines is 1. The zero-order chi connectivity index (χ0) is 17.5. The second-order valence-corrected chi connectivity index (χ2v) is 4.43. The Bertz CT molecular complexity index is 883. The molecule has 24 heavy (non-hydrogen) atoms. The Hall–Kier alpha value is -3.76. The van der Waals surface area contributed by atoms with E-state index < -0.39 is 23.1 Å². The van der Waals surface area contributed by atoms with Crippen molar-refractivity contribution in [1.82, 2.24) is 20.6 Å². The maximum atomic E-state index is 11.6. The van der Waals surface area contributed by atoms with Gasteiger partial charge in [-0.05, 0) is 17.7 Å². The number of hydrogen-bond acceptors (Lipinski definition) is 7. The van der Waals surface area contributed by atoms with Crippen LogP contribution in [0.15, 0.2) is 39.0 Å². The molecule has 124 valence electrons. The van der Waals surface area contributed by atoms with Crippen molar-refractivity contribution in [2.75, 3.05) is 11.9 Å². The number of carboxylic acid groups (broad SMARTS) is 1. The fourth-order valence-electron chi connectivity index (χ4n) is 1.56. The minimum absolute atomic E-state index is 0.138. The van der Waals surface area contributed by atoms with E-state index in [1.165, 1.54) is 30.5 Å². The number of benzene rings is 1. The number of H-pyrrole nitrogens is 2. The monoisotopic (exact) mass is 332 g/mol. The highest BCUT2D eigenvalue weighted by molar-refractivity contribution is 5.89. The fraction of sp³-hybridized carbons (Fsp3) is 0.0769. The first-order valence-corrected chi connectivity index (χ1v) is 6.54. The molecule has 2 aromatic rings. The number of aromatic amines is 2. The molecule has 0 radical (unpaired) electrons. The molecule has 1 aromatic carbocycles. The van der Waals surface area contributed by atoms with Crippen LogP contribution in [0.5, 0.6) is 0 Å². The van der Waals surface area contributed by atoms with Gasteiger partial charge in [-0.25, -0.2) is 20.1 Å². The third-order valence-corrected chi connectivity index (χ3v) is 2.69. The summed E-state index contributed by atoms with van der Waals surface area (Å²) in [4.78, 5) is 46.3. The number of carbonyl (C=O) groups is 2. The van der Waals surface area contributed by atoms with E-state index in [2.05, 4.69) is 20.9 Å². The molecule has 0 aliphatic heterocycles. The smallest absolute Gasteiger partial charge is 0.342 e. The molecule has 0 saturated heterocycles. The predicted molar refractivity (Wildman–Crippen MR) is 83.1 cm³/mol. The lowest BCUT2D eigenvalue weighted by Crippen LogP contribution is -2.31. The summed E-state index contributed by atoms with van der Waals surface area (Å²) >= 11 is 0. The van der Waals surface area contributed by atoms with Gasteiger partial charge in [0.05, 0.1) is 18.3 Å². The van der Waals surface area contributed by atoms with Crippen LogP contribution in [-0.2, 0) is 4.79 Å². The molecule has 0 atom stereocenters. The summed E-state index contributed by atoms with van der Waals surface area (Å²) < 4.78 is 0. The number of carbonyl (C=O) groups excluding carboxylic acids is 1. The first-order chi connectivity index (χ1) is 11.5. The molecule has 0 spiro atoms. The van der Waals surface area contributed by atoms with E-state index in [1.807, 2.05) is 10.1 Å². The molecule has 0 aliphatic rings. The molecule has 11 nitrogen and oxygen atoms in total. The molecule has 5 N–H and O–H groups in total. The Balaban J connectivity index is 1.85. The van der Waals surface area contributed by atoms with Crippen LogP contribution in [0.1, 0.15) is 15.9 Å². The van der Waals surface area contributed by atoms with E-state index in [0.29, 0.717) is 5.56 Å². The van der Waals surface area contributed by atoms with Crippen molar-refractivity contribution in [3.05, 3.63) is 56.2 Å². The van der Waals surface area contributed by atoms with Crippen LogP contribution >= 0.6 is 0 Å². The van der Waals surface area contributed by atoms with E-state index in [9.17, 15) is 19.2 Å². The van der Waals surface area contributed by atoms with Crippen LogP contribution in [0.4, 0.5) is 5.82 Å². The van der Waals surface area contributed by atoms with E-state index in [1.54, 1.807) is 0 Å². The number of rotatable bonds is 6. The van der Waals surface area contributed by atoms with Crippen LogP contribution in [0.25, 0.3) is 0 Å². The summed E-state index contributed by atoms with van der Waals surface area (Å²) in [6, 6.07) is 5.87. The van der Waals surface area contributed by atoms with Crippen LogP contribution in [-0.4, -0.2) is 44.9 Å². The summed E-state index contributed by atoms with van der Waals surface area (Å²) in [5.74, 6) is -1.80. The summed E-state index contributed by atoms with van der Waals surface area (Å²) in [6.45, 7) is -0.294. The number of carboxylic acids is 1. The van der Waals surface area contributed by atoms with Gasteiger partial charge in [0.15, 0.2) is 0 Å². The number of amides is 1. The average molecular weight is 332 g/mol. The predicted octanol–water partition coefficient (Wildman–Crippen LogP) is -1.28. The number of nitrogens with zero attached hydrogens (tertiary/aromatic N) is 2. The second kappa shape index (κ2) is 7.49. The minimum Gasteiger partial charge on any atom is -0.478 e. The lowest BCUT2D eigenvalue weighted by atomic mass is 10.1. The topological polar surface area (TPSA) is 169 Å². The minimum atomic E-state index is -1.04. The van der Waals surface area contributed by atoms with Crippen LogP contribution in [0.3, 0.4) is 0 Å². The molecule has 1 amide bonds. The lowest BCUT2D eigenvalue weighted by Gasteiger charge is -2.02. The SMILES string of the molecule is O=C(CNc1n[nH]c(=O)[nH]c1=O)N/N=C/c1ccc(C(=O)O)cc1. The van der Waals surface area contributed by atoms with Gasteiger partial charge < -0.3 is 10.4 Å². The Morgan fingerprint density at radius 2 is 1.96 bits per heavy atom. The molecule has 0 aliphatic carbocycles. The van der Waals surface area contributed by atoms with E-state index in [0.717, 1.165) is 0 Å². The molecule has 2 rings (SSSR count). The van der Waals surface area contributed by atoms with Gasteiger partial charge in [0, 0.05) is 0 Å². The largest absolute Gasteiger partial charge is 0.478 e. The average Bonchev–Trinajstić information content (AvgIpc) is 2.54. The van der Waals surface area contributed by atoms with Gasteiger partial charge in [0.1, 0.15) is 0 Å². The molecule has 1 aromatic heterocycles. The third kappa shape index (κ3) is 4.62. The summed E-state index contributed by atoms with van der Waals surface area (Å²) in [5.41, 5.74) is 1.43. The molecule has 0 unspecified atom stereocenters. The van der Waals surface area contributed by atoms with Crippen molar-refractivity contribution in [2.24, 2.45) is 5.10 Å². The molecule has 11 heteroatoms. The number of hydrazone groups is 1. The van der Waals surface area contributed by atoms with Gasteiger partial charge >= 0.3 is 11.7 Å². The fourth-order valence-corrected chi connectivity index (χ4v) is 1.56. The van der Waals surface area contributed by atoms with Gasteiger partial charge in [0.25, 0.3) is 11.5 Å². The summed E-state index contributed by atoms with van der Waals surface area (Å²) in [5, 5.41) is 20.3. The highest BCUT2D eigenvalue weighted by Gasteiger charge is 2.05. The number of aromatic nitrogens is 3. The molecule has 0 fully saturated rings. The van der Waals surface area contributed by atoms with Gasteiger partial charge in [-0.15, -0.1) is 5.10 Å². The molecular formula is C13H12N6O5. The normalized spacial score (nSPS) is 10.5. The third-order valence-electron chi connectivity index (χ3n) is 2.69. The zero-order valence-electron chi connectivity index (χ0n) is 12.1. The zero-order valence-corrected chi connectivity index (χ0v) is 12.1. The van der Waals surface area contributed by atoms with Crippen molar-refractivity contribution in [3.8, 4) is 0 Å². The van der Waals surface area contributed by atoms with Crippen LogP contribution < -0.4 is 22.0 Å². The van der Waals surface area contributed by atoms with Crippen LogP contribution in [0.2, 0.25) is 0 Å². The number of nitrogens with one attached hydrogen (secondary N) is 4. The Labute approximate surface area is 133 Å². The molecule has 0 saturated carbocycles. The first-order valence-electron chi connectivity index (χ1n) is 6.54. The lowest BCUT2D eigenvalue weighted by molar-refractivity contribution is -0.119. The highest BCUT2D eigenvalue weighted by atomic mass is 16.4. The maximum absolute atomic E-state index is 11.6. The van der Waals surface area contributed by atoms with Crippen molar-refractivity contribution < 1.29 is 14.7 Å². The van der Waals surface area contributed by atoms with Crippen molar-refractivity contribution in [2.45, 2.75) is 0 Å². The van der Waals surface area contributed by atoms with Crippen molar-refractivity contribution >= 4 is 23.9 Å². The van der Waals surface area contributed by atoms with Gasteiger partial charge in [-0.3, -0.25) is 14.6 Å². The quantitative estimate of drug-likeness (QED) is 0.324. The van der Waals surface area contributed by atoms with Gasteiger partial charge in [-0.1, -0.05) is 12.1 Å². The molecule has 0 bridgehead atoms.